The molecule has 1 unspecified atom stereocenters. The zero-order valence-electron chi connectivity index (χ0n) is 35.5. The molecule has 3 aliphatic heterocycles. The molecule has 14 nitrogen and oxygen atoms in total. The number of amides is 5. The average Bonchev–Trinajstić information content (AvgIpc) is 3.61. The summed E-state index contributed by atoms with van der Waals surface area (Å²) in [5.41, 5.74) is 12.4. The maximum Gasteiger partial charge on any atom is 0.255 e. The first-order valence-corrected chi connectivity index (χ1v) is 23.2. The largest absolute Gasteiger partial charge is 0.383 e. The fourth-order valence-corrected chi connectivity index (χ4v) is 10.0. The summed E-state index contributed by atoms with van der Waals surface area (Å²) in [6, 6.07) is 21.8. The topological polar surface area (TPSA) is 215 Å². The van der Waals surface area contributed by atoms with Crippen molar-refractivity contribution in [2.45, 2.75) is 87.4 Å². The number of carbonyl (C=O) groups excluding carboxylic acids is 6. The minimum atomic E-state index is -3.95. The number of carbonyl (C=O) groups is 6. The number of nitrogens with one attached hydrogen (secondary N) is 3. The molecule has 334 valence electrons. The van der Waals surface area contributed by atoms with Crippen molar-refractivity contribution in [3.05, 3.63) is 130 Å². The van der Waals surface area contributed by atoms with Crippen LogP contribution in [0.25, 0.3) is 22.3 Å². The van der Waals surface area contributed by atoms with Crippen LogP contribution in [-0.4, -0.2) is 66.2 Å². The SMILES string of the molecule is Nc1ncc(-c2ccc(S(=O)(=O)Cc3ccc(NC(=O)CCCCCCC(=O)Cc4cccc5c4CN(C4CCC(=O)NC4=O)C5=O)cc3)cc2F)cc1-c1ccc2c(c1)CCNC2=O. The van der Waals surface area contributed by atoms with E-state index in [0.29, 0.717) is 65.7 Å². The summed E-state index contributed by atoms with van der Waals surface area (Å²) in [5, 5.41) is 7.94. The normalized spacial score (nSPS) is 15.8. The fraction of sp³-hybridized carbons (Fsp3) is 0.286. The summed E-state index contributed by atoms with van der Waals surface area (Å²) >= 11 is 0. The van der Waals surface area contributed by atoms with Gasteiger partial charge in [0.1, 0.15) is 23.5 Å². The Hall–Kier alpha value is -7.07. The summed E-state index contributed by atoms with van der Waals surface area (Å²) in [6.07, 6.45) is 6.07. The van der Waals surface area contributed by atoms with Crippen molar-refractivity contribution in [2.75, 3.05) is 17.6 Å². The van der Waals surface area contributed by atoms with E-state index in [1.165, 1.54) is 23.2 Å². The molecule has 0 bridgehead atoms. The number of anilines is 2. The Morgan fingerprint density at radius 3 is 2.37 bits per heavy atom. The first kappa shape index (κ1) is 44.5. The van der Waals surface area contributed by atoms with Gasteiger partial charge in [0, 0.05) is 78.5 Å². The van der Waals surface area contributed by atoms with E-state index in [-0.39, 0.29) is 83.7 Å². The molecular weight excluding hydrogens is 852 g/mol. The van der Waals surface area contributed by atoms with E-state index in [9.17, 15) is 37.2 Å². The minimum absolute atomic E-state index is 0.0347. The predicted octanol–water partition coefficient (Wildman–Crippen LogP) is 6.25. The minimum Gasteiger partial charge on any atom is -0.383 e. The van der Waals surface area contributed by atoms with E-state index >= 15 is 4.39 Å². The van der Waals surface area contributed by atoms with Crippen LogP contribution in [0.1, 0.15) is 94.3 Å². The van der Waals surface area contributed by atoms with Gasteiger partial charge in [0.05, 0.1) is 10.6 Å². The molecule has 1 atom stereocenters. The second-order valence-corrected chi connectivity index (χ2v) is 18.6. The first-order chi connectivity index (χ1) is 31.2. The van der Waals surface area contributed by atoms with Crippen LogP contribution in [0.5, 0.6) is 0 Å². The molecule has 4 aromatic carbocycles. The maximum absolute atomic E-state index is 15.6. The zero-order chi connectivity index (χ0) is 45.8. The van der Waals surface area contributed by atoms with E-state index in [1.54, 1.807) is 54.6 Å². The van der Waals surface area contributed by atoms with Crippen LogP contribution in [0.15, 0.2) is 96.0 Å². The number of pyridine rings is 1. The third-order valence-electron chi connectivity index (χ3n) is 12.1. The number of fused-ring (bicyclic) bond motifs is 2. The van der Waals surface area contributed by atoms with E-state index in [2.05, 4.69) is 20.9 Å². The maximum atomic E-state index is 15.6. The highest BCUT2D eigenvalue weighted by Crippen LogP contribution is 2.34. The number of piperidine rings is 1. The van der Waals surface area contributed by atoms with Crippen LogP contribution in [-0.2, 0) is 54.2 Å². The predicted molar refractivity (Wildman–Crippen MR) is 240 cm³/mol. The molecule has 4 heterocycles. The number of hydrogen-bond acceptors (Lipinski definition) is 10. The summed E-state index contributed by atoms with van der Waals surface area (Å²) < 4.78 is 42.4. The van der Waals surface area contributed by atoms with Crippen LogP contribution in [0, 0.1) is 5.82 Å². The van der Waals surface area contributed by atoms with E-state index in [1.807, 2.05) is 12.1 Å². The molecule has 5 amide bonds. The van der Waals surface area contributed by atoms with Crippen molar-refractivity contribution >= 4 is 56.7 Å². The Labute approximate surface area is 375 Å². The quantitative estimate of drug-likeness (QED) is 0.0645. The number of imide groups is 1. The Morgan fingerprint density at radius 1 is 0.831 bits per heavy atom. The van der Waals surface area contributed by atoms with Gasteiger partial charge in [-0.15, -0.1) is 0 Å². The lowest BCUT2D eigenvalue weighted by atomic mass is 9.94. The number of nitrogens with zero attached hydrogens (tertiary/aromatic N) is 2. The number of Topliss-reactive ketones (excluding diaryl/α,β-unsaturated/α-hetero) is 1. The number of nitrogens with two attached hydrogens (primary N) is 1. The third-order valence-corrected chi connectivity index (χ3v) is 13.8. The molecule has 1 fully saturated rings. The number of hydrogen-bond donors (Lipinski definition) is 4. The van der Waals surface area contributed by atoms with Gasteiger partial charge in [-0.05, 0) is 96.0 Å². The van der Waals surface area contributed by atoms with Crippen LogP contribution < -0.4 is 21.7 Å². The average molecular weight is 899 g/mol. The van der Waals surface area contributed by atoms with Crippen molar-refractivity contribution in [3.8, 4) is 22.3 Å². The summed E-state index contributed by atoms with van der Waals surface area (Å²) in [6.45, 7) is 0.739. The molecule has 0 saturated carbocycles. The number of rotatable bonds is 16. The number of ketones is 1. The number of nitrogen functional groups attached to an aromatic ring is 1. The van der Waals surface area contributed by atoms with Gasteiger partial charge in [-0.2, -0.15) is 0 Å². The Bertz CT molecular complexity index is 2870. The van der Waals surface area contributed by atoms with E-state index in [0.717, 1.165) is 41.2 Å². The number of unbranched alkanes of at least 4 members (excludes halogenated alkanes) is 3. The standard InChI is InChI=1S/C49H47FN6O8S/c50-42-25-36(15-17-37(42)33-24-40(46(51)53-26-33)31-12-16-38-32(22-31)20-21-52-47(38)60)65(63,64)28-29-10-13-34(14-11-29)54-44(58)9-4-2-1-3-7-35(57)23-30-6-5-8-39-41(30)27-56(49(39)62)43-18-19-45(59)55-48(43)61/h5-6,8,10-17,22,24-26,43H,1-4,7,9,18-21,23,27-28H2,(H2,51,53)(H,52,60)(H,54,58)(H,55,59,61). The lowest BCUT2D eigenvalue weighted by molar-refractivity contribution is -0.137. The van der Waals surface area contributed by atoms with Gasteiger partial charge in [0.25, 0.3) is 11.8 Å². The summed E-state index contributed by atoms with van der Waals surface area (Å²) in [4.78, 5) is 80.5. The van der Waals surface area contributed by atoms with Gasteiger partial charge < -0.3 is 21.3 Å². The van der Waals surface area contributed by atoms with Crippen LogP contribution in [0.3, 0.4) is 0 Å². The van der Waals surface area contributed by atoms with Gasteiger partial charge in [-0.25, -0.2) is 17.8 Å². The van der Waals surface area contributed by atoms with Crippen molar-refractivity contribution < 1.29 is 41.6 Å². The smallest absolute Gasteiger partial charge is 0.255 e. The Balaban J connectivity index is 0.773. The fourth-order valence-electron chi connectivity index (χ4n) is 8.66. The van der Waals surface area contributed by atoms with Gasteiger partial charge in [0.15, 0.2) is 9.84 Å². The zero-order valence-corrected chi connectivity index (χ0v) is 36.3. The van der Waals surface area contributed by atoms with Gasteiger partial charge >= 0.3 is 0 Å². The highest BCUT2D eigenvalue weighted by molar-refractivity contribution is 7.90. The number of sulfone groups is 1. The lowest BCUT2D eigenvalue weighted by Crippen LogP contribution is -2.52. The number of halogens is 1. The van der Waals surface area contributed by atoms with Crippen molar-refractivity contribution in [1.82, 2.24) is 20.5 Å². The highest BCUT2D eigenvalue weighted by atomic mass is 32.2. The monoisotopic (exact) mass is 898 g/mol. The van der Waals surface area contributed by atoms with Gasteiger partial charge in [-0.1, -0.05) is 55.3 Å². The Kier molecular flexibility index (Phi) is 13.0. The van der Waals surface area contributed by atoms with Gasteiger partial charge in [0.2, 0.25) is 17.7 Å². The molecule has 65 heavy (non-hydrogen) atoms. The molecule has 1 aromatic heterocycles. The first-order valence-electron chi connectivity index (χ1n) is 21.6. The molecule has 0 aliphatic carbocycles. The molecule has 3 aliphatic rings. The number of benzene rings is 4. The second-order valence-electron chi connectivity index (χ2n) is 16.7. The third kappa shape index (κ3) is 10.0. The highest BCUT2D eigenvalue weighted by Gasteiger charge is 2.40. The molecule has 0 spiro atoms. The summed E-state index contributed by atoms with van der Waals surface area (Å²) in [7, 11) is -3.95. The molecule has 1 saturated heterocycles. The summed E-state index contributed by atoms with van der Waals surface area (Å²) in [5.74, 6) is -2.32. The molecule has 0 radical (unpaired) electrons. The van der Waals surface area contributed by atoms with Crippen molar-refractivity contribution in [3.63, 3.8) is 0 Å². The molecule has 5 aromatic rings. The van der Waals surface area contributed by atoms with Crippen LogP contribution in [0.4, 0.5) is 15.9 Å². The van der Waals surface area contributed by atoms with E-state index < -0.39 is 27.6 Å². The van der Waals surface area contributed by atoms with Crippen molar-refractivity contribution in [2.24, 2.45) is 0 Å². The second kappa shape index (κ2) is 19.0. The molecule has 5 N–H and O–H groups in total. The molecule has 8 rings (SSSR count). The van der Waals surface area contributed by atoms with E-state index in [4.69, 9.17) is 5.73 Å². The van der Waals surface area contributed by atoms with Gasteiger partial charge in [-0.3, -0.25) is 34.1 Å². The Morgan fingerprint density at radius 2 is 1.60 bits per heavy atom. The van der Waals surface area contributed by atoms with Crippen LogP contribution in [0.2, 0.25) is 0 Å². The molecule has 16 heteroatoms. The van der Waals surface area contributed by atoms with Crippen molar-refractivity contribution in [1.29, 1.82) is 0 Å². The van der Waals surface area contributed by atoms with Crippen LogP contribution >= 0.6 is 0 Å². The lowest BCUT2D eigenvalue weighted by Gasteiger charge is -2.29. The molecular formula is C49H47FN6O8S. The number of aromatic nitrogens is 1.